The fraction of sp³-hybridized carbons (Fsp3) is 0.714. The number of aromatic nitrogens is 2. The van der Waals surface area contributed by atoms with Gasteiger partial charge in [0.2, 0.25) is 0 Å². The smallest absolute Gasteiger partial charge is 0.134 e. The summed E-state index contributed by atoms with van der Waals surface area (Å²) in [6.07, 6.45) is 3.80. The van der Waals surface area contributed by atoms with Crippen molar-refractivity contribution in [1.29, 1.82) is 0 Å². The van der Waals surface area contributed by atoms with Crippen molar-refractivity contribution in [3.8, 4) is 0 Å². The molecule has 0 bridgehead atoms. The number of hydrogen-bond acceptors (Lipinski definition) is 5. The molecular formula is C14H25N5. The zero-order valence-electron chi connectivity index (χ0n) is 12.2. The number of hydrogen-bond donors (Lipinski definition) is 2. The summed E-state index contributed by atoms with van der Waals surface area (Å²) in [5, 5.41) is 3.40. The van der Waals surface area contributed by atoms with Gasteiger partial charge in [0.05, 0.1) is 0 Å². The van der Waals surface area contributed by atoms with E-state index >= 15 is 0 Å². The van der Waals surface area contributed by atoms with Crippen LogP contribution >= 0.6 is 0 Å². The fourth-order valence-electron chi connectivity index (χ4n) is 2.07. The van der Waals surface area contributed by atoms with Crippen LogP contribution in [-0.4, -0.2) is 35.6 Å². The van der Waals surface area contributed by atoms with E-state index in [1.165, 1.54) is 0 Å². The van der Waals surface area contributed by atoms with E-state index in [2.05, 4.69) is 41.0 Å². The van der Waals surface area contributed by atoms with E-state index in [1.807, 2.05) is 6.07 Å². The first-order valence-corrected chi connectivity index (χ1v) is 7.06. The Morgan fingerprint density at radius 1 is 1.47 bits per heavy atom. The lowest BCUT2D eigenvalue weighted by atomic mass is 9.90. The maximum Gasteiger partial charge on any atom is 0.134 e. The second-order valence-corrected chi connectivity index (χ2v) is 6.13. The Bertz CT molecular complexity index is 418. The molecule has 0 spiro atoms. The summed E-state index contributed by atoms with van der Waals surface area (Å²) >= 11 is 0. The molecule has 1 aliphatic heterocycles. The number of nitrogens with zero attached hydrogens (tertiary/aromatic N) is 3. The Hall–Kier alpha value is -1.36. The summed E-state index contributed by atoms with van der Waals surface area (Å²) in [6.45, 7) is 9.50. The average molecular weight is 263 g/mol. The topological polar surface area (TPSA) is 67.1 Å². The average Bonchev–Trinajstić information content (AvgIpc) is 2.84. The monoisotopic (exact) mass is 263 g/mol. The van der Waals surface area contributed by atoms with Crippen LogP contribution in [0.2, 0.25) is 0 Å². The number of rotatable bonds is 5. The standard InChI is InChI=1S/C14H25N5/c1-4-14(2,3)9-16-12-7-13(18-10-17-12)19-6-5-11(15)8-19/h7,10-11H,4-6,8-9,15H2,1-3H3,(H,16,17,18). The Morgan fingerprint density at radius 3 is 2.89 bits per heavy atom. The predicted octanol–water partition coefficient (Wildman–Crippen LogP) is 1.86. The van der Waals surface area contributed by atoms with Crippen LogP contribution < -0.4 is 16.0 Å². The highest BCUT2D eigenvalue weighted by molar-refractivity contribution is 5.49. The van der Waals surface area contributed by atoms with Crippen molar-refractivity contribution in [2.75, 3.05) is 29.9 Å². The third-order valence-corrected chi connectivity index (χ3v) is 3.91. The van der Waals surface area contributed by atoms with Crippen LogP contribution in [0.4, 0.5) is 11.6 Å². The Labute approximate surface area is 115 Å². The summed E-state index contributed by atoms with van der Waals surface area (Å²) < 4.78 is 0. The third-order valence-electron chi connectivity index (χ3n) is 3.91. The molecule has 2 rings (SSSR count). The van der Waals surface area contributed by atoms with Gasteiger partial charge in [-0.15, -0.1) is 0 Å². The molecule has 1 atom stereocenters. The molecule has 0 saturated carbocycles. The molecular weight excluding hydrogens is 238 g/mol. The molecule has 0 aliphatic carbocycles. The van der Waals surface area contributed by atoms with Crippen molar-refractivity contribution in [3.63, 3.8) is 0 Å². The van der Waals surface area contributed by atoms with Gasteiger partial charge in [-0.2, -0.15) is 0 Å². The quantitative estimate of drug-likeness (QED) is 0.849. The summed E-state index contributed by atoms with van der Waals surface area (Å²) in [6, 6.07) is 2.29. The zero-order chi connectivity index (χ0) is 13.9. The molecule has 0 radical (unpaired) electrons. The van der Waals surface area contributed by atoms with Gasteiger partial charge in [-0.1, -0.05) is 20.8 Å². The van der Waals surface area contributed by atoms with Crippen molar-refractivity contribution in [2.24, 2.45) is 11.1 Å². The molecule has 1 aliphatic rings. The van der Waals surface area contributed by atoms with Crippen LogP contribution in [0.25, 0.3) is 0 Å². The second kappa shape index (κ2) is 5.74. The van der Waals surface area contributed by atoms with Gasteiger partial charge in [-0.05, 0) is 18.3 Å². The predicted molar refractivity (Wildman–Crippen MR) is 79.4 cm³/mol. The van der Waals surface area contributed by atoms with Crippen LogP contribution in [0.3, 0.4) is 0 Å². The largest absolute Gasteiger partial charge is 0.369 e. The Balaban J connectivity index is 1.99. The van der Waals surface area contributed by atoms with E-state index in [-0.39, 0.29) is 11.5 Å². The molecule has 1 fully saturated rings. The third kappa shape index (κ3) is 3.80. The number of anilines is 2. The molecule has 2 heterocycles. The molecule has 5 nitrogen and oxygen atoms in total. The van der Waals surface area contributed by atoms with E-state index in [0.29, 0.717) is 0 Å². The first kappa shape index (κ1) is 14.1. The summed E-state index contributed by atoms with van der Waals surface area (Å²) in [4.78, 5) is 10.9. The van der Waals surface area contributed by atoms with E-state index in [1.54, 1.807) is 6.33 Å². The molecule has 1 aromatic rings. The van der Waals surface area contributed by atoms with E-state index in [4.69, 9.17) is 5.73 Å². The molecule has 1 unspecified atom stereocenters. The van der Waals surface area contributed by atoms with Crippen LogP contribution in [0.15, 0.2) is 12.4 Å². The summed E-state index contributed by atoms with van der Waals surface area (Å²) in [5.41, 5.74) is 6.21. The Kier molecular flexibility index (Phi) is 4.24. The first-order chi connectivity index (χ1) is 9.00. The first-order valence-electron chi connectivity index (χ1n) is 7.06. The van der Waals surface area contributed by atoms with Gasteiger partial charge in [-0.25, -0.2) is 9.97 Å². The maximum absolute atomic E-state index is 5.93. The molecule has 106 valence electrons. The van der Waals surface area contributed by atoms with E-state index in [0.717, 1.165) is 44.1 Å². The highest BCUT2D eigenvalue weighted by atomic mass is 15.2. The fourth-order valence-corrected chi connectivity index (χ4v) is 2.07. The minimum absolute atomic E-state index is 0.269. The summed E-state index contributed by atoms with van der Waals surface area (Å²) in [5.74, 6) is 1.87. The highest BCUT2D eigenvalue weighted by Gasteiger charge is 2.21. The summed E-state index contributed by atoms with van der Waals surface area (Å²) in [7, 11) is 0. The second-order valence-electron chi connectivity index (χ2n) is 6.13. The lowest BCUT2D eigenvalue weighted by Crippen LogP contribution is -2.27. The van der Waals surface area contributed by atoms with Crippen molar-refractivity contribution in [1.82, 2.24) is 9.97 Å². The molecule has 5 heteroatoms. The van der Waals surface area contributed by atoms with Crippen molar-refractivity contribution >= 4 is 11.6 Å². The van der Waals surface area contributed by atoms with E-state index < -0.39 is 0 Å². The van der Waals surface area contributed by atoms with Gasteiger partial charge in [0.15, 0.2) is 0 Å². The van der Waals surface area contributed by atoms with E-state index in [9.17, 15) is 0 Å². The zero-order valence-corrected chi connectivity index (χ0v) is 12.2. The van der Waals surface area contributed by atoms with Crippen LogP contribution in [-0.2, 0) is 0 Å². The minimum Gasteiger partial charge on any atom is -0.369 e. The van der Waals surface area contributed by atoms with Crippen molar-refractivity contribution in [2.45, 2.75) is 39.7 Å². The lowest BCUT2D eigenvalue weighted by molar-refractivity contribution is 0.376. The van der Waals surface area contributed by atoms with Crippen LogP contribution in [0, 0.1) is 5.41 Å². The van der Waals surface area contributed by atoms with Crippen molar-refractivity contribution < 1.29 is 0 Å². The molecule has 0 aromatic carbocycles. The minimum atomic E-state index is 0.269. The highest BCUT2D eigenvalue weighted by Crippen LogP contribution is 2.22. The lowest BCUT2D eigenvalue weighted by Gasteiger charge is -2.23. The van der Waals surface area contributed by atoms with Crippen LogP contribution in [0.5, 0.6) is 0 Å². The normalized spacial score (nSPS) is 19.8. The van der Waals surface area contributed by atoms with Gasteiger partial charge >= 0.3 is 0 Å². The van der Waals surface area contributed by atoms with Gasteiger partial charge < -0.3 is 16.0 Å². The van der Waals surface area contributed by atoms with Gasteiger partial charge in [0.25, 0.3) is 0 Å². The molecule has 1 aromatic heterocycles. The van der Waals surface area contributed by atoms with Gasteiger partial charge in [-0.3, -0.25) is 0 Å². The Morgan fingerprint density at radius 2 is 2.26 bits per heavy atom. The molecule has 0 amide bonds. The molecule has 1 saturated heterocycles. The molecule has 19 heavy (non-hydrogen) atoms. The number of nitrogens with two attached hydrogens (primary N) is 1. The number of nitrogens with one attached hydrogen (secondary N) is 1. The van der Waals surface area contributed by atoms with Crippen LogP contribution in [0.1, 0.15) is 33.6 Å². The van der Waals surface area contributed by atoms with Gasteiger partial charge in [0.1, 0.15) is 18.0 Å². The van der Waals surface area contributed by atoms with Crippen molar-refractivity contribution in [3.05, 3.63) is 12.4 Å². The van der Waals surface area contributed by atoms with Gasteiger partial charge in [0, 0.05) is 31.7 Å². The SMILES string of the molecule is CCC(C)(C)CNc1cc(N2CCC(N)C2)ncn1. The maximum atomic E-state index is 5.93. The molecule has 3 N–H and O–H groups in total.